The van der Waals surface area contributed by atoms with Gasteiger partial charge in [-0.2, -0.15) is 9.78 Å². The lowest BCUT2D eigenvalue weighted by molar-refractivity contribution is 0.0712. The number of anilines is 1. The number of amides is 1. The lowest BCUT2D eigenvalue weighted by atomic mass is 10.2. The highest BCUT2D eigenvalue weighted by molar-refractivity contribution is 5.91. The lowest BCUT2D eigenvalue weighted by Crippen LogP contribution is -2.49. The molecule has 0 radical (unpaired) electrons. The Balaban J connectivity index is 1.24. The van der Waals surface area contributed by atoms with Crippen LogP contribution in [0.1, 0.15) is 33.3 Å². The van der Waals surface area contributed by atoms with E-state index in [1.165, 1.54) is 10.7 Å². The fraction of sp³-hybridized carbons (Fsp3) is 0.308. The van der Waals surface area contributed by atoms with Gasteiger partial charge >= 0.3 is 0 Å². The summed E-state index contributed by atoms with van der Waals surface area (Å²) >= 11 is 0. The summed E-state index contributed by atoms with van der Waals surface area (Å²) in [6.07, 6.45) is 0. The van der Waals surface area contributed by atoms with Crippen LogP contribution >= 0.6 is 0 Å². The summed E-state index contributed by atoms with van der Waals surface area (Å²) in [5, 5.41) is 9.03. The molecule has 0 atom stereocenters. The number of hydrogen-bond acceptors (Lipinski definition) is 6. The van der Waals surface area contributed by atoms with E-state index >= 15 is 0 Å². The number of nitrogens with zero attached hydrogens (tertiary/aromatic N) is 6. The number of carbonyl (C=O) groups excluding carboxylic acids is 1. The number of furan rings is 1. The van der Waals surface area contributed by atoms with Gasteiger partial charge in [-0.15, -0.1) is 5.10 Å². The summed E-state index contributed by atoms with van der Waals surface area (Å²) in [7, 11) is 0. The molecule has 1 amide bonds. The maximum absolute atomic E-state index is 13.0. The number of hydrogen-bond donors (Lipinski definition) is 0. The van der Waals surface area contributed by atoms with Gasteiger partial charge in [-0.05, 0) is 57.2 Å². The molecule has 0 saturated carbocycles. The molecule has 0 bridgehead atoms. The predicted molar refractivity (Wildman–Crippen MR) is 132 cm³/mol. The van der Waals surface area contributed by atoms with E-state index in [0.29, 0.717) is 50.1 Å². The van der Waals surface area contributed by atoms with E-state index in [9.17, 15) is 9.59 Å². The monoisotopic (exact) mass is 472 g/mol. The van der Waals surface area contributed by atoms with Crippen LogP contribution in [0, 0.1) is 20.8 Å². The van der Waals surface area contributed by atoms with Gasteiger partial charge in [0.25, 0.3) is 11.5 Å². The van der Waals surface area contributed by atoms with Crippen molar-refractivity contribution in [1.29, 1.82) is 0 Å². The zero-order chi connectivity index (χ0) is 24.5. The zero-order valence-corrected chi connectivity index (χ0v) is 20.1. The van der Waals surface area contributed by atoms with Gasteiger partial charge in [-0.25, -0.2) is 0 Å². The van der Waals surface area contributed by atoms with Gasteiger partial charge in [-0.1, -0.05) is 17.7 Å². The Morgan fingerprint density at radius 3 is 2.34 bits per heavy atom. The Kier molecular flexibility index (Phi) is 5.98. The van der Waals surface area contributed by atoms with E-state index < -0.39 is 0 Å². The normalized spacial score (nSPS) is 13.9. The predicted octanol–water partition coefficient (Wildman–Crippen LogP) is 2.96. The van der Waals surface area contributed by atoms with Gasteiger partial charge in [0.1, 0.15) is 11.6 Å². The average Bonchev–Trinajstić information content (AvgIpc) is 3.45. The lowest BCUT2D eigenvalue weighted by Gasteiger charge is -2.35. The molecule has 3 aromatic heterocycles. The maximum Gasteiger partial charge on any atom is 0.289 e. The minimum Gasteiger partial charge on any atom is -0.454 e. The van der Waals surface area contributed by atoms with Crippen LogP contribution in [0.15, 0.2) is 63.8 Å². The molecule has 0 spiro atoms. The van der Waals surface area contributed by atoms with Crippen molar-refractivity contribution in [3.05, 3.63) is 93.4 Å². The molecule has 0 N–H and O–H groups in total. The Hall–Kier alpha value is -4.14. The van der Waals surface area contributed by atoms with E-state index in [2.05, 4.69) is 15.1 Å². The van der Waals surface area contributed by atoms with Crippen LogP contribution in [0.25, 0.3) is 5.69 Å². The highest BCUT2D eigenvalue weighted by Gasteiger charge is 2.25. The first-order valence-electron chi connectivity index (χ1n) is 11.7. The smallest absolute Gasteiger partial charge is 0.289 e. The second-order valence-electron chi connectivity index (χ2n) is 8.91. The summed E-state index contributed by atoms with van der Waals surface area (Å²) < 4.78 is 9.13. The summed E-state index contributed by atoms with van der Waals surface area (Å²) in [6, 6.07) is 16.5. The van der Waals surface area contributed by atoms with E-state index in [-0.39, 0.29) is 11.5 Å². The summed E-state index contributed by atoms with van der Waals surface area (Å²) in [6.45, 7) is 8.75. The molecule has 9 heteroatoms. The number of rotatable bonds is 5. The van der Waals surface area contributed by atoms with Crippen molar-refractivity contribution < 1.29 is 9.21 Å². The van der Waals surface area contributed by atoms with Gasteiger partial charge in [0, 0.05) is 37.9 Å². The molecular weight excluding hydrogens is 444 g/mol. The first-order valence-corrected chi connectivity index (χ1v) is 11.7. The first-order chi connectivity index (χ1) is 16.9. The van der Waals surface area contributed by atoms with Gasteiger partial charge in [0.2, 0.25) is 0 Å². The third-order valence-electron chi connectivity index (χ3n) is 6.24. The summed E-state index contributed by atoms with van der Waals surface area (Å²) in [5.41, 5.74) is 3.66. The summed E-state index contributed by atoms with van der Waals surface area (Å²) in [4.78, 5) is 29.3. The van der Waals surface area contributed by atoms with Crippen LogP contribution < -0.4 is 10.5 Å². The number of benzene rings is 1. The molecule has 1 fully saturated rings. The molecule has 180 valence electrons. The molecule has 1 aromatic carbocycles. The Bertz CT molecular complexity index is 1410. The molecule has 9 nitrogen and oxygen atoms in total. The third kappa shape index (κ3) is 4.75. The molecule has 35 heavy (non-hydrogen) atoms. The van der Waals surface area contributed by atoms with E-state index in [1.54, 1.807) is 17.0 Å². The third-order valence-corrected chi connectivity index (χ3v) is 6.24. The minimum absolute atomic E-state index is 0.123. The van der Waals surface area contributed by atoms with Crippen LogP contribution in [-0.2, 0) is 6.54 Å². The fourth-order valence-electron chi connectivity index (χ4n) is 4.30. The van der Waals surface area contributed by atoms with Crippen molar-refractivity contribution in [2.45, 2.75) is 27.3 Å². The van der Waals surface area contributed by atoms with Crippen molar-refractivity contribution in [2.24, 2.45) is 0 Å². The maximum atomic E-state index is 13.0. The van der Waals surface area contributed by atoms with Crippen LogP contribution in [0.3, 0.4) is 0 Å². The SMILES string of the molecule is Cc1ccc(-n2nc(N3CCN(C(=O)c4ccc(Cn5nc(C)cc5C)o4)CC3)ccc2=O)cc1. The van der Waals surface area contributed by atoms with Gasteiger partial charge in [0.05, 0.1) is 17.9 Å². The number of carbonyl (C=O) groups is 1. The van der Waals surface area contributed by atoms with Crippen molar-refractivity contribution in [3.8, 4) is 5.69 Å². The minimum atomic E-state index is -0.180. The fourth-order valence-corrected chi connectivity index (χ4v) is 4.30. The molecule has 4 aromatic rings. The summed E-state index contributed by atoms with van der Waals surface area (Å²) in [5.74, 6) is 1.62. The highest BCUT2D eigenvalue weighted by Crippen LogP contribution is 2.17. The van der Waals surface area contributed by atoms with Crippen LogP contribution in [0.4, 0.5) is 5.82 Å². The van der Waals surface area contributed by atoms with Crippen molar-refractivity contribution in [1.82, 2.24) is 24.5 Å². The van der Waals surface area contributed by atoms with Crippen molar-refractivity contribution in [3.63, 3.8) is 0 Å². The van der Waals surface area contributed by atoms with Crippen molar-refractivity contribution in [2.75, 3.05) is 31.1 Å². The topological polar surface area (TPSA) is 89.4 Å². The standard InChI is InChI=1S/C26H28N6O3/c1-18-4-6-21(7-5-18)32-25(33)11-10-24(28-32)29-12-14-30(15-13-29)26(34)23-9-8-22(35-23)17-31-20(3)16-19(2)27-31/h4-11,16H,12-15,17H2,1-3H3. The average molecular weight is 473 g/mol. The Labute approximate surface area is 203 Å². The Morgan fingerprint density at radius 2 is 1.66 bits per heavy atom. The van der Waals surface area contributed by atoms with E-state index in [0.717, 1.165) is 22.6 Å². The molecule has 4 heterocycles. The largest absolute Gasteiger partial charge is 0.454 e. The quantitative estimate of drug-likeness (QED) is 0.444. The Morgan fingerprint density at radius 1 is 0.914 bits per heavy atom. The second kappa shape index (κ2) is 9.25. The van der Waals surface area contributed by atoms with Gasteiger partial charge < -0.3 is 14.2 Å². The van der Waals surface area contributed by atoms with Crippen LogP contribution in [0.5, 0.6) is 0 Å². The molecular formula is C26H28N6O3. The molecule has 1 saturated heterocycles. The van der Waals surface area contributed by atoms with Crippen LogP contribution in [0.2, 0.25) is 0 Å². The molecule has 5 rings (SSSR count). The molecule has 0 unspecified atom stereocenters. The number of aromatic nitrogens is 4. The van der Waals surface area contributed by atoms with Crippen LogP contribution in [-0.4, -0.2) is 56.5 Å². The first kappa shape index (κ1) is 22.6. The molecule has 1 aliphatic heterocycles. The zero-order valence-electron chi connectivity index (χ0n) is 20.1. The number of aryl methyl sites for hydroxylation is 3. The molecule has 1 aliphatic rings. The van der Waals surface area contributed by atoms with Crippen molar-refractivity contribution >= 4 is 11.7 Å². The number of piperazine rings is 1. The van der Waals surface area contributed by atoms with E-state index in [1.807, 2.05) is 61.9 Å². The second-order valence-corrected chi connectivity index (χ2v) is 8.91. The highest BCUT2D eigenvalue weighted by atomic mass is 16.4. The van der Waals surface area contributed by atoms with Gasteiger partial charge in [-0.3, -0.25) is 14.3 Å². The molecule has 0 aliphatic carbocycles. The van der Waals surface area contributed by atoms with E-state index in [4.69, 9.17) is 4.42 Å². The van der Waals surface area contributed by atoms with Gasteiger partial charge in [0.15, 0.2) is 5.76 Å².